The molecule has 0 saturated carbocycles. The third kappa shape index (κ3) is 3.11. The number of carbonyl (C=O) groups is 1. The molecule has 0 aliphatic carbocycles. The van der Waals surface area contributed by atoms with Crippen LogP contribution in [-0.2, 0) is 17.6 Å². The van der Waals surface area contributed by atoms with E-state index < -0.39 is 6.04 Å². The van der Waals surface area contributed by atoms with Gasteiger partial charge >= 0.3 is 0 Å². The molecule has 1 aromatic carbocycles. The van der Waals surface area contributed by atoms with Gasteiger partial charge in [-0.2, -0.15) is 5.10 Å². The van der Waals surface area contributed by atoms with E-state index in [0.717, 1.165) is 11.1 Å². The van der Waals surface area contributed by atoms with Crippen molar-refractivity contribution < 1.29 is 4.79 Å². The van der Waals surface area contributed by atoms with Gasteiger partial charge in [0.1, 0.15) is 11.9 Å². The topological polar surface area (TPSA) is 101 Å². The first-order valence-electron chi connectivity index (χ1n) is 9.29. The summed E-state index contributed by atoms with van der Waals surface area (Å²) in [5, 5.41) is 5.48. The van der Waals surface area contributed by atoms with Crippen LogP contribution in [0.3, 0.4) is 0 Å². The van der Waals surface area contributed by atoms with Crippen LogP contribution in [0, 0.1) is 6.92 Å². The number of aryl methyl sites for hydroxylation is 1. The molecular formula is C20H21N5O3. The summed E-state index contributed by atoms with van der Waals surface area (Å²) in [5.74, 6) is 0.384. The van der Waals surface area contributed by atoms with Gasteiger partial charge in [-0.15, -0.1) is 0 Å². The van der Waals surface area contributed by atoms with Crippen LogP contribution < -0.4 is 11.1 Å². The molecule has 0 unspecified atom stereocenters. The SMILES string of the molecule is Cc1nc2c(c(=O)[nH]1)CCN(C(=O)[C@@H](C)n1ncc3ccccc3c1=O)CC2. The molecular weight excluding hydrogens is 358 g/mol. The van der Waals surface area contributed by atoms with Crippen molar-refractivity contribution in [3.63, 3.8) is 0 Å². The molecule has 28 heavy (non-hydrogen) atoms. The molecule has 0 fully saturated rings. The molecule has 3 heterocycles. The predicted molar refractivity (Wildman–Crippen MR) is 104 cm³/mol. The third-order valence-corrected chi connectivity index (χ3v) is 5.23. The van der Waals surface area contributed by atoms with Crippen molar-refractivity contribution in [3.05, 3.63) is 68.3 Å². The second-order valence-corrected chi connectivity index (χ2v) is 7.06. The molecule has 3 aromatic rings. The Morgan fingerprint density at radius 1 is 1.18 bits per heavy atom. The second-order valence-electron chi connectivity index (χ2n) is 7.06. The number of benzene rings is 1. The summed E-state index contributed by atoms with van der Waals surface area (Å²) >= 11 is 0. The molecule has 1 aliphatic heterocycles. The Morgan fingerprint density at radius 3 is 2.75 bits per heavy atom. The van der Waals surface area contributed by atoms with Crippen molar-refractivity contribution in [3.8, 4) is 0 Å². The highest BCUT2D eigenvalue weighted by molar-refractivity contribution is 5.82. The lowest BCUT2D eigenvalue weighted by Crippen LogP contribution is -2.41. The third-order valence-electron chi connectivity index (χ3n) is 5.23. The van der Waals surface area contributed by atoms with E-state index in [2.05, 4.69) is 15.1 Å². The van der Waals surface area contributed by atoms with Crippen molar-refractivity contribution in [2.45, 2.75) is 32.7 Å². The first-order chi connectivity index (χ1) is 13.5. The van der Waals surface area contributed by atoms with Crippen molar-refractivity contribution >= 4 is 16.7 Å². The number of nitrogens with zero attached hydrogens (tertiary/aromatic N) is 4. The van der Waals surface area contributed by atoms with Gasteiger partial charge in [0, 0.05) is 30.5 Å². The molecule has 1 atom stereocenters. The van der Waals surface area contributed by atoms with E-state index in [4.69, 9.17) is 0 Å². The van der Waals surface area contributed by atoms with Crippen LogP contribution in [0.2, 0.25) is 0 Å². The number of amides is 1. The van der Waals surface area contributed by atoms with Gasteiger partial charge in [-0.05, 0) is 26.3 Å². The van der Waals surface area contributed by atoms with Crippen LogP contribution in [-0.4, -0.2) is 43.6 Å². The molecule has 0 saturated heterocycles. The van der Waals surface area contributed by atoms with E-state index >= 15 is 0 Å². The maximum absolute atomic E-state index is 13.1. The standard InChI is InChI=1S/C20H21N5O3/c1-12(25-20(28)15-6-4-3-5-14(15)11-21-25)19(27)24-9-7-16-17(8-10-24)22-13(2)23-18(16)26/h3-6,11-12H,7-10H2,1-2H3,(H,22,23,26)/t12-/m1/s1. The fraction of sp³-hybridized carbons (Fsp3) is 0.350. The lowest BCUT2D eigenvalue weighted by molar-refractivity contribution is -0.134. The molecule has 4 rings (SSSR count). The predicted octanol–water partition coefficient (Wildman–Crippen LogP) is 0.977. The largest absolute Gasteiger partial charge is 0.340 e. The number of fused-ring (bicyclic) bond motifs is 2. The van der Waals surface area contributed by atoms with E-state index in [1.807, 2.05) is 12.1 Å². The minimum atomic E-state index is -0.730. The fourth-order valence-corrected chi connectivity index (χ4v) is 3.70. The lowest BCUT2D eigenvalue weighted by Gasteiger charge is -2.24. The van der Waals surface area contributed by atoms with Gasteiger partial charge < -0.3 is 9.88 Å². The molecule has 1 amide bonds. The van der Waals surface area contributed by atoms with E-state index in [9.17, 15) is 14.4 Å². The Hall–Kier alpha value is -3.29. The smallest absolute Gasteiger partial charge is 0.275 e. The van der Waals surface area contributed by atoms with Crippen LogP contribution in [0.25, 0.3) is 10.8 Å². The first kappa shape index (κ1) is 18.1. The zero-order valence-corrected chi connectivity index (χ0v) is 15.8. The fourth-order valence-electron chi connectivity index (χ4n) is 3.70. The van der Waals surface area contributed by atoms with E-state index in [1.54, 1.807) is 37.1 Å². The summed E-state index contributed by atoms with van der Waals surface area (Å²) in [5.41, 5.74) is 0.947. The number of nitrogens with one attached hydrogen (secondary N) is 1. The van der Waals surface area contributed by atoms with Crippen LogP contribution in [0.4, 0.5) is 0 Å². The number of aromatic amines is 1. The lowest BCUT2D eigenvalue weighted by atomic mass is 10.1. The zero-order chi connectivity index (χ0) is 19.8. The summed E-state index contributed by atoms with van der Waals surface area (Å²) in [7, 11) is 0. The number of hydrogen-bond acceptors (Lipinski definition) is 5. The number of rotatable bonds is 2. The summed E-state index contributed by atoms with van der Waals surface area (Å²) in [6, 6.07) is 6.45. The van der Waals surface area contributed by atoms with Gasteiger partial charge in [0.2, 0.25) is 5.91 Å². The highest BCUT2D eigenvalue weighted by atomic mass is 16.2. The molecule has 8 nitrogen and oxygen atoms in total. The van der Waals surface area contributed by atoms with Crippen LogP contribution >= 0.6 is 0 Å². The number of H-pyrrole nitrogens is 1. The Morgan fingerprint density at radius 2 is 1.93 bits per heavy atom. The Balaban J connectivity index is 1.60. The highest BCUT2D eigenvalue weighted by Crippen LogP contribution is 2.15. The highest BCUT2D eigenvalue weighted by Gasteiger charge is 2.27. The number of aromatic nitrogens is 4. The molecule has 0 radical (unpaired) electrons. The number of hydrogen-bond donors (Lipinski definition) is 1. The van der Waals surface area contributed by atoms with Crippen molar-refractivity contribution in [2.75, 3.05) is 13.1 Å². The monoisotopic (exact) mass is 379 g/mol. The van der Waals surface area contributed by atoms with Gasteiger partial charge in [-0.1, -0.05) is 18.2 Å². The van der Waals surface area contributed by atoms with Gasteiger partial charge in [0.15, 0.2) is 0 Å². The second kappa shape index (κ2) is 7.03. The minimum Gasteiger partial charge on any atom is -0.340 e. The summed E-state index contributed by atoms with van der Waals surface area (Å²) in [6.45, 7) is 4.29. The first-order valence-corrected chi connectivity index (χ1v) is 9.29. The van der Waals surface area contributed by atoms with Crippen LogP contribution in [0.1, 0.15) is 30.0 Å². The number of carbonyl (C=O) groups excluding carboxylic acids is 1. The molecule has 0 spiro atoms. The maximum Gasteiger partial charge on any atom is 0.275 e. The van der Waals surface area contributed by atoms with Gasteiger partial charge in [-0.3, -0.25) is 14.4 Å². The minimum absolute atomic E-state index is 0.141. The zero-order valence-electron chi connectivity index (χ0n) is 15.8. The molecule has 144 valence electrons. The van der Waals surface area contributed by atoms with Gasteiger partial charge in [0.25, 0.3) is 11.1 Å². The van der Waals surface area contributed by atoms with Crippen molar-refractivity contribution in [2.24, 2.45) is 0 Å². The maximum atomic E-state index is 13.1. The summed E-state index contributed by atoms with van der Waals surface area (Å²) < 4.78 is 1.23. The molecule has 1 N–H and O–H groups in total. The van der Waals surface area contributed by atoms with Gasteiger partial charge in [-0.25, -0.2) is 9.67 Å². The summed E-state index contributed by atoms with van der Waals surface area (Å²) in [6.07, 6.45) is 2.56. The van der Waals surface area contributed by atoms with E-state index in [-0.39, 0.29) is 17.0 Å². The van der Waals surface area contributed by atoms with Crippen LogP contribution in [0.15, 0.2) is 40.1 Å². The van der Waals surface area contributed by atoms with Gasteiger partial charge in [0.05, 0.1) is 17.3 Å². The molecule has 8 heteroatoms. The Bertz CT molecular complexity index is 1180. The summed E-state index contributed by atoms with van der Waals surface area (Å²) in [4.78, 5) is 46.8. The van der Waals surface area contributed by atoms with Crippen molar-refractivity contribution in [1.82, 2.24) is 24.6 Å². The average molecular weight is 379 g/mol. The Kier molecular flexibility index (Phi) is 4.54. The average Bonchev–Trinajstić information content (AvgIpc) is 2.90. The van der Waals surface area contributed by atoms with E-state index in [0.29, 0.717) is 42.7 Å². The van der Waals surface area contributed by atoms with Crippen LogP contribution in [0.5, 0.6) is 0 Å². The molecule has 0 bridgehead atoms. The molecule has 2 aromatic heterocycles. The normalized spacial score (nSPS) is 15.1. The Labute approximate surface area is 160 Å². The van der Waals surface area contributed by atoms with Crippen molar-refractivity contribution in [1.29, 1.82) is 0 Å². The molecule has 1 aliphatic rings. The quantitative estimate of drug-likeness (QED) is 0.715. The van der Waals surface area contributed by atoms with E-state index in [1.165, 1.54) is 4.68 Å².